The van der Waals surface area contributed by atoms with E-state index >= 15 is 0 Å². The van der Waals surface area contributed by atoms with E-state index in [4.69, 9.17) is 21.2 Å². The Hall–Kier alpha value is -3.19. The van der Waals surface area contributed by atoms with E-state index in [2.05, 4.69) is 5.16 Å². The topological polar surface area (TPSA) is 85.3 Å². The number of ether oxygens (including phenoxy) is 1. The molecule has 162 valence electrons. The average Bonchev–Trinajstić information content (AvgIpc) is 3.49. The lowest BCUT2D eigenvalue weighted by Gasteiger charge is -2.30. The fraction of sp³-hybridized carbons (Fsp3) is 0.333. The van der Waals surface area contributed by atoms with Gasteiger partial charge in [-0.15, -0.1) is 0 Å². The van der Waals surface area contributed by atoms with Gasteiger partial charge < -0.3 is 9.57 Å². The minimum atomic E-state index is -0.431. The monoisotopic (exact) mass is 450 g/mol. The summed E-state index contributed by atoms with van der Waals surface area (Å²) in [6.45, 7) is 1.32. The zero-order valence-electron chi connectivity index (χ0n) is 17.1. The Morgan fingerprint density at radius 3 is 2.41 bits per heavy atom. The van der Waals surface area contributed by atoms with E-state index in [1.807, 2.05) is 24.3 Å². The first kappa shape index (κ1) is 19.5. The van der Waals surface area contributed by atoms with Crippen LogP contribution in [0.3, 0.4) is 0 Å². The smallest absolute Gasteiger partial charge is 0.308 e. The van der Waals surface area contributed by atoms with Gasteiger partial charge in [0, 0.05) is 29.3 Å². The number of amides is 2. The van der Waals surface area contributed by atoms with Crippen LogP contribution in [0.1, 0.15) is 18.9 Å². The number of hydrogen-bond donors (Lipinski definition) is 0. The molecule has 3 fully saturated rings. The summed E-state index contributed by atoms with van der Waals surface area (Å²) < 4.78 is 5.05. The largest absolute Gasteiger partial charge is 0.427 e. The maximum absolute atomic E-state index is 13.5. The number of fused-ring (bicyclic) bond motifs is 8. The Labute approximate surface area is 188 Å². The summed E-state index contributed by atoms with van der Waals surface area (Å²) in [7, 11) is 0. The molecular weight excluding hydrogens is 432 g/mol. The molecule has 6 rings (SSSR count). The second-order valence-electron chi connectivity index (χ2n) is 8.77. The van der Waals surface area contributed by atoms with Gasteiger partial charge in [0.05, 0.1) is 23.2 Å². The number of rotatable bonds is 3. The van der Waals surface area contributed by atoms with Gasteiger partial charge in [0.1, 0.15) is 11.9 Å². The van der Waals surface area contributed by atoms with Crippen molar-refractivity contribution in [3.05, 3.63) is 59.1 Å². The zero-order chi connectivity index (χ0) is 22.1. The number of imide groups is 1. The predicted octanol–water partition coefficient (Wildman–Crippen LogP) is 3.44. The van der Waals surface area contributed by atoms with Crippen LogP contribution >= 0.6 is 11.6 Å². The third-order valence-corrected chi connectivity index (χ3v) is 7.53. The summed E-state index contributed by atoms with van der Waals surface area (Å²) in [4.78, 5) is 45.1. The molecule has 4 aliphatic rings. The van der Waals surface area contributed by atoms with Crippen LogP contribution in [-0.2, 0) is 19.2 Å². The highest BCUT2D eigenvalue weighted by molar-refractivity contribution is 6.34. The van der Waals surface area contributed by atoms with Crippen molar-refractivity contribution in [1.82, 2.24) is 0 Å². The van der Waals surface area contributed by atoms with Gasteiger partial charge in [-0.05, 0) is 42.7 Å². The summed E-state index contributed by atoms with van der Waals surface area (Å²) in [5, 5.41) is 4.93. The van der Waals surface area contributed by atoms with Crippen molar-refractivity contribution in [2.75, 3.05) is 4.90 Å². The zero-order valence-corrected chi connectivity index (χ0v) is 17.9. The maximum Gasteiger partial charge on any atom is 0.308 e. The van der Waals surface area contributed by atoms with Crippen LogP contribution in [0.25, 0.3) is 0 Å². The molecule has 0 spiro atoms. The van der Waals surface area contributed by atoms with Crippen molar-refractivity contribution in [3.63, 3.8) is 0 Å². The highest BCUT2D eigenvalue weighted by Crippen LogP contribution is 2.62. The normalized spacial score (nSPS) is 31.9. The van der Waals surface area contributed by atoms with Gasteiger partial charge in [-0.2, -0.15) is 0 Å². The van der Waals surface area contributed by atoms with E-state index in [1.165, 1.54) is 11.8 Å². The third-order valence-electron chi connectivity index (χ3n) is 7.20. The van der Waals surface area contributed by atoms with Crippen molar-refractivity contribution in [1.29, 1.82) is 0 Å². The van der Waals surface area contributed by atoms with Crippen LogP contribution in [0.5, 0.6) is 5.75 Å². The molecule has 2 aliphatic heterocycles. The lowest BCUT2D eigenvalue weighted by Crippen LogP contribution is -2.41. The molecule has 1 saturated heterocycles. The van der Waals surface area contributed by atoms with Gasteiger partial charge in [-0.1, -0.05) is 35.0 Å². The van der Waals surface area contributed by atoms with E-state index in [0.717, 1.165) is 17.7 Å². The van der Waals surface area contributed by atoms with E-state index < -0.39 is 17.8 Å². The molecule has 2 aromatic carbocycles. The molecule has 2 heterocycles. The molecule has 2 aromatic rings. The van der Waals surface area contributed by atoms with Crippen LogP contribution in [0, 0.1) is 29.6 Å². The van der Waals surface area contributed by atoms with Crippen molar-refractivity contribution in [2.45, 2.75) is 19.4 Å². The Balaban J connectivity index is 1.31. The highest BCUT2D eigenvalue weighted by Gasteiger charge is 2.70. The van der Waals surface area contributed by atoms with Crippen LogP contribution in [0.2, 0.25) is 5.02 Å². The van der Waals surface area contributed by atoms with Gasteiger partial charge in [-0.25, -0.2) is 0 Å². The third kappa shape index (κ3) is 2.60. The Morgan fingerprint density at radius 2 is 1.72 bits per heavy atom. The molecule has 0 radical (unpaired) electrons. The first-order chi connectivity index (χ1) is 15.5. The summed E-state index contributed by atoms with van der Waals surface area (Å²) >= 11 is 6.41. The molecular formula is C24H19ClN2O5. The second-order valence-corrected chi connectivity index (χ2v) is 9.17. The number of oxime groups is 1. The summed E-state index contributed by atoms with van der Waals surface area (Å²) in [5.74, 6) is -1.36. The first-order valence-electron chi connectivity index (χ1n) is 10.6. The standard InChI is InChI=1S/C24H19ClN2O5/c1-11(28)31-13-8-6-12(7-9-13)27-23(29)18-15-10-16(19(18)24(27)30)22-20(15)21(26-32-22)14-4-2-3-5-17(14)25/h2-9,15-16,18-20,22H,10H2,1H3/t15-,16-,18-,19-,20-,22-/m1/s1. The number of halogens is 1. The fourth-order valence-corrected chi connectivity index (χ4v) is 6.33. The maximum atomic E-state index is 13.5. The summed E-state index contributed by atoms with van der Waals surface area (Å²) in [6, 6.07) is 13.9. The Morgan fingerprint density at radius 1 is 1.03 bits per heavy atom. The van der Waals surface area contributed by atoms with Crippen LogP contribution in [0.4, 0.5) is 5.69 Å². The highest BCUT2D eigenvalue weighted by atomic mass is 35.5. The van der Waals surface area contributed by atoms with Crippen LogP contribution in [0.15, 0.2) is 53.7 Å². The van der Waals surface area contributed by atoms with Gasteiger partial charge in [0.25, 0.3) is 0 Å². The van der Waals surface area contributed by atoms with E-state index in [9.17, 15) is 14.4 Å². The first-order valence-corrected chi connectivity index (χ1v) is 11.0. The van der Waals surface area contributed by atoms with E-state index in [-0.39, 0.29) is 35.7 Å². The average molecular weight is 451 g/mol. The summed E-state index contributed by atoms with van der Waals surface area (Å²) in [5.41, 5.74) is 2.08. The Kier molecular flexibility index (Phi) is 4.21. The number of carbonyl (C=O) groups is 3. The molecule has 2 amide bonds. The lowest BCUT2D eigenvalue weighted by molar-refractivity contribution is -0.132. The molecule has 7 nitrogen and oxygen atoms in total. The number of nitrogens with zero attached hydrogens (tertiary/aromatic N) is 2. The van der Waals surface area contributed by atoms with Crippen LogP contribution < -0.4 is 9.64 Å². The minimum absolute atomic E-state index is 0.0192. The van der Waals surface area contributed by atoms with Gasteiger partial charge in [0.2, 0.25) is 11.8 Å². The molecule has 32 heavy (non-hydrogen) atoms. The van der Waals surface area contributed by atoms with Crippen molar-refractivity contribution in [2.24, 2.45) is 34.7 Å². The molecule has 0 N–H and O–H groups in total. The minimum Gasteiger partial charge on any atom is -0.427 e. The van der Waals surface area contributed by atoms with Crippen molar-refractivity contribution in [3.8, 4) is 5.75 Å². The van der Waals surface area contributed by atoms with Gasteiger partial charge >= 0.3 is 5.97 Å². The number of esters is 1. The molecule has 0 aromatic heterocycles. The predicted molar refractivity (Wildman–Crippen MR) is 115 cm³/mol. The molecule has 8 heteroatoms. The fourth-order valence-electron chi connectivity index (χ4n) is 6.10. The molecule has 2 aliphatic carbocycles. The lowest BCUT2D eigenvalue weighted by atomic mass is 9.71. The Bertz CT molecular complexity index is 1190. The molecule has 2 saturated carbocycles. The van der Waals surface area contributed by atoms with Crippen LogP contribution in [-0.4, -0.2) is 29.6 Å². The number of benzene rings is 2. The van der Waals surface area contributed by atoms with Gasteiger partial charge in [0.15, 0.2) is 0 Å². The van der Waals surface area contributed by atoms with E-state index in [0.29, 0.717) is 16.5 Å². The van der Waals surface area contributed by atoms with Crippen molar-refractivity contribution < 1.29 is 24.0 Å². The number of carbonyl (C=O) groups excluding carboxylic acids is 3. The second kappa shape index (κ2) is 6.90. The number of hydrogen-bond acceptors (Lipinski definition) is 6. The quantitative estimate of drug-likeness (QED) is 0.406. The molecule has 2 bridgehead atoms. The SMILES string of the molecule is CC(=O)Oc1ccc(N2C(=O)[C@@H]3[C@H]4C[C@@H]([C@H]5ON=C(c6ccccc6Cl)[C@@H]45)[C@H]3C2=O)cc1. The van der Waals surface area contributed by atoms with E-state index in [1.54, 1.807) is 24.3 Å². The molecule has 6 atom stereocenters. The van der Waals surface area contributed by atoms with Gasteiger partial charge in [-0.3, -0.25) is 19.3 Å². The molecule has 0 unspecified atom stereocenters. The van der Waals surface area contributed by atoms with Crippen molar-refractivity contribution >= 4 is 40.8 Å². The summed E-state index contributed by atoms with van der Waals surface area (Å²) in [6.07, 6.45) is 0.556. The number of anilines is 1.